The van der Waals surface area contributed by atoms with Gasteiger partial charge in [-0.15, -0.1) is 0 Å². The third-order valence-electron chi connectivity index (χ3n) is 1.70. The molecular weight excluding hydrogens is 126 g/mol. The van der Waals surface area contributed by atoms with Crippen molar-refractivity contribution in [2.45, 2.75) is 39.7 Å². The Labute approximate surface area is 61.9 Å². The molecule has 0 saturated heterocycles. The first-order chi connectivity index (χ1) is 3.98. The van der Waals surface area contributed by atoms with E-state index < -0.39 is 0 Å². The van der Waals surface area contributed by atoms with Gasteiger partial charge in [-0.3, -0.25) is 0 Å². The van der Waals surface area contributed by atoms with Gasteiger partial charge in [-0.2, -0.15) is 0 Å². The zero-order valence-electron chi connectivity index (χ0n) is 7.36. The quantitative estimate of drug-likeness (QED) is 0.519. The van der Waals surface area contributed by atoms with Crippen LogP contribution < -0.4 is 0 Å². The van der Waals surface area contributed by atoms with Gasteiger partial charge in [-0.25, -0.2) is 0 Å². The van der Waals surface area contributed by atoms with Crippen LogP contribution in [0.2, 0.25) is 0 Å². The maximum atomic E-state index is 2.51. The van der Waals surface area contributed by atoms with E-state index in [4.69, 9.17) is 0 Å². The average molecular weight is 145 g/mol. The molecule has 9 heavy (non-hydrogen) atoms. The summed E-state index contributed by atoms with van der Waals surface area (Å²) >= 11 is 0. The van der Waals surface area contributed by atoms with Gasteiger partial charge in [0, 0.05) is 5.54 Å². The van der Waals surface area contributed by atoms with Gasteiger partial charge >= 0.3 is 0 Å². The molecule has 0 fully saturated rings. The van der Waals surface area contributed by atoms with Gasteiger partial charge in [-0.1, -0.05) is 6.92 Å². The van der Waals surface area contributed by atoms with Crippen LogP contribution >= 0.6 is 0 Å². The van der Waals surface area contributed by atoms with E-state index in [1.165, 1.54) is 23.4 Å². The number of hydrogen-bond acceptors (Lipinski definition) is 1. The van der Waals surface area contributed by atoms with Gasteiger partial charge in [0.05, 0.1) is 10.4 Å². The normalized spacial score (nSPS) is 13.0. The van der Waals surface area contributed by atoms with Crippen molar-refractivity contribution in [1.82, 2.24) is 4.57 Å². The fourth-order valence-electron chi connectivity index (χ4n) is 0.671. The summed E-state index contributed by atoms with van der Waals surface area (Å²) in [5.41, 5.74) is 0.405. The molecule has 0 bridgehead atoms. The maximum Gasteiger partial charge on any atom is 0.0790 e. The molecule has 0 aromatic heterocycles. The fraction of sp³-hybridized carbons (Fsp3) is 1.00. The molecular formula is C7H19NSi. The van der Waals surface area contributed by atoms with Crippen molar-refractivity contribution >= 4 is 10.4 Å². The third kappa shape index (κ3) is 3.70. The lowest BCUT2D eigenvalue weighted by Crippen LogP contribution is -2.39. The lowest BCUT2D eigenvalue weighted by atomic mass is 10.1. The van der Waals surface area contributed by atoms with E-state index in [9.17, 15) is 0 Å². The molecule has 0 spiro atoms. The van der Waals surface area contributed by atoms with Crippen molar-refractivity contribution < 1.29 is 0 Å². The zero-order chi connectivity index (χ0) is 7.49. The summed E-state index contributed by atoms with van der Waals surface area (Å²) in [5, 5.41) is 0. The molecule has 0 atom stereocenters. The van der Waals surface area contributed by atoms with Crippen molar-refractivity contribution in [1.29, 1.82) is 0 Å². The summed E-state index contributed by atoms with van der Waals surface area (Å²) in [4.78, 5) is 0. The third-order valence-corrected chi connectivity index (χ3v) is 3.49. The molecule has 0 aliphatic rings. The van der Waals surface area contributed by atoms with Gasteiger partial charge in [0.1, 0.15) is 0 Å². The van der Waals surface area contributed by atoms with Crippen molar-refractivity contribution in [2.75, 3.05) is 6.54 Å². The van der Waals surface area contributed by atoms with Crippen LogP contribution in [0, 0.1) is 0 Å². The van der Waals surface area contributed by atoms with Crippen LogP contribution in [-0.2, 0) is 0 Å². The molecule has 0 rings (SSSR count). The molecule has 2 heteroatoms. The molecule has 0 amide bonds. The predicted molar refractivity (Wildman–Crippen MR) is 46.7 cm³/mol. The summed E-state index contributed by atoms with van der Waals surface area (Å²) in [6, 6.07) is 0. The molecule has 0 N–H and O–H groups in total. The number of rotatable bonds is 2. The van der Waals surface area contributed by atoms with Gasteiger partial charge in [-0.05, 0) is 33.7 Å². The summed E-state index contributed by atoms with van der Waals surface area (Å²) < 4.78 is 2.51. The highest BCUT2D eigenvalue weighted by Crippen LogP contribution is 2.08. The van der Waals surface area contributed by atoms with Crippen LogP contribution in [0.3, 0.4) is 0 Å². The Kier molecular flexibility index (Phi) is 3.44. The van der Waals surface area contributed by atoms with Crippen LogP contribution in [0.25, 0.3) is 0 Å². The molecule has 0 saturated carbocycles. The Balaban J connectivity index is 3.59. The lowest BCUT2D eigenvalue weighted by molar-refractivity contribution is 0.261. The van der Waals surface area contributed by atoms with Gasteiger partial charge in [0.15, 0.2) is 0 Å². The smallest absolute Gasteiger partial charge is 0.0790 e. The second-order valence-corrected chi connectivity index (χ2v) is 4.67. The van der Waals surface area contributed by atoms with E-state index in [-0.39, 0.29) is 0 Å². The highest BCUT2D eigenvalue weighted by Gasteiger charge is 2.14. The van der Waals surface area contributed by atoms with Gasteiger partial charge in [0.2, 0.25) is 0 Å². The monoisotopic (exact) mass is 145 g/mol. The second kappa shape index (κ2) is 3.37. The van der Waals surface area contributed by atoms with E-state index in [1.807, 2.05) is 0 Å². The van der Waals surface area contributed by atoms with E-state index in [1.54, 1.807) is 0 Å². The molecule has 0 aliphatic heterocycles. The molecule has 0 unspecified atom stereocenters. The minimum absolute atomic E-state index is 0.405. The highest BCUT2D eigenvalue weighted by molar-refractivity contribution is 6.04. The Morgan fingerprint density at radius 3 is 1.89 bits per heavy atom. The molecule has 1 nitrogen and oxygen atoms in total. The molecule has 0 aromatic carbocycles. The average Bonchev–Trinajstić information content (AvgIpc) is 1.64. The summed E-state index contributed by atoms with van der Waals surface area (Å²) in [6.45, 7) is 10.3. The maximum absolute atomic E-state index is 2.51. The Morgan fingerprint density at radius 1 is 1.33 bits per heavy atom. The fourth-order valence-corrected chi connectivity index (χ4v) is 1.12. The van der Waals surface area contributed by atoms with Crippen LogP contribution in [0.4, 0.5) is 0 Å². The molecule has 0 heterocycles. The van der Waals surface area contributed by atoms with Crippen LogP contribution in [0.1, 0.15) is 34.1 Å². The largest absolute Gasteiger partial charge is 0.328 e. The first-order valence-corrected chi connectivity index (χ1v) is 4.59. The minimum atomic E-state index is 0.405. The highest BCUT2D eigenvalue weighted by atomic mass is 28.2. The standard InChI is InChI=1S/C7H19NSi/c1-5-6-8(9)7(2,3)4/h5-6H2,1-4,9H3. The predicted octanol–water partition coefficient (Wildman–Crippen LogP) is 0.777. The topological polar surface area (TPSA) is 3.24 Å². The minimum Gasteiger partial charge on any atom is -0.328 e. The van der Waals surface area contributed by atoms with E-state index in [0.717, 1.165) is 0 Å². The van der Waals surface area contributed by atoms with E-state index in [2.05, 4.69) is 32.3 Å². The Morgan fingerprint density at radius 2 is 1.78 bits per heavy atom. The van der Waals surface area contributed by atoms with E-state index in [0.29, 0.717) is 5.54 Å². The first-order valence-electron chi connectivity index (χ1n) is 3.69. The molecule has 0 aromatic rings. The van der Waals surface area contributed by atoms with Crippen LogP contribution in [0.5, 0.6) is 0 Å². The second-order valence-electron chi connectivity index (χ2n) is 3.59. The SMILES string of the molecule is CCCN([SiH3])C(C)(C)C. The Hall–Kier alpha value is 0.177. The molecule has 0 aliphatic carbocycles. The molecule has 0 radical (unpaired) electrons. The number of nitrogens with zero attached hydrogens (tertiary/aromatic N) is 1. The lowest BCUT2D eigenvalue weighted by Gasteiger charge is -2.31. The summed E-state index contributed by atoms with van der Waals surface area (Å²) in [5.74, 6) is 0. The van der Waals surface area contributed by atoms with Gasteiger partial charge < -0.3 is 4.57 Å². The van der Waals surface area contributed by atoms with E-state index >= 15 is 0 Å². The summed E-state index contributed by atoms with van der Waals surface area (Å²) in [6.07, 6.45) is 1.28. The summed E-state index contributed by atoms with van der Waals surface area (Å²) in [7, 11) is 1.19. The van der Waals surface area contributed by atoms with Crippen LogP contribution in [0.15, 0.2) is 0 Å². The van der Waals surface area contributed by atoms with Crippen LogP contribution in [-0.4, -0.2) is 27.1 Å². The Bertz CT molecular complexity index is 75.5. The molecule has 56 valence electrons. The van der Waals surface area contributed by atoms with Crippen molar-refractivity contribution in [2.24, 2.45) is 0 Å². The first kappa shape index (κ1) is 9.18. The number of hydrogen-bond donors (Lipinski definition) is 0. The van der Waals surface area contributed by atoms with Crippen molar-refractivity contribution in [3.05, 3.63) is 0 Å². The van der Waals surface area contributed by atoms with Gasteiger partial charge in [0.25, 0.3) is 0 Å². The van der Waals surface area contributed by atoms with Crippen molar-refractivity contribution in [3.63, 3.8) is 0 Å². The zero-order valence-corrected chi connectivity index (χ0v) is 9.36. The van der Waals surface area contributed by atoms with Crippen molar-refractivity contribution in [3.8, 4) is 0 Å².